The Labute approximate surface area is 126 Å². The highest BCUT2D eigenvalue weighted by atomic mass is 79.9. The first kappa shape index (κ1) is 15.0. The molecule has 0 bridgehead atoms. The molecule has 0 aliphatic rings. The maximum atomic E-state index is 13.5. The van der Waals surface area contributed by atoms with Gasteiger partial charge in [-0.15, -0.1) is 0 Å². The fraction of sp³-hybridized carbons (Fsp3) is 0.200. The molecule has 0 saturated heterocycles. The lowest BCUT2D eigenvalue weighted by atomic mass is 9.99. The molecule has 3 nitrogen and oxygen atoms in total. The number of hydrazine groups is 1. The number of rotatable bonds is 5. The fourth-order valence-electron chi connectivity index (χ4n) is 2.08. The molecule has 0 radical (unpaired) electrons. The predicted molar refractivity (Wildman–Crippen MR) is 80.9 cm³/mol. The lowest BCUT2D eigenvalue weighted by molar-refractivity contribution is 0.339. The molecule has 0 aliphatic heterocycles. The van der Waals surface area contributed by atoms with Gasteiger partial charge >= 0.3 is 0 Å². The van der Waals surface area contributed by atoms with E-state index in [4.69, 9.17) is 10.6 Å². The maximum Gasteiger partial charge on any atom is 0.124 e. The third-order valence-electron chi connectivity index (χ3n) is 2.89. The molecule has 0 fully saturated rings. The highest BCUT2D eigenvalue weighted by Crippen LogP contribution is 2.27. The molecule has 0 amide bonds. The van der Waals surface area contributed by atoms with Gasteiger partial charge in [-0.2, -0.15) is 0 Å². The fourth-order valence-corrected chi connectivity index (χ4v) is 2.56. The summed E-state index contributed by atoms with van der Waals surface area (Å²) in [7, 11) is 0. The first-order valence-corrected chi connectivity index (χ1v) is 7.08. The van der Waals surface area contributed by atoms with Crippen molar-refractivity contribution in [3.05, 3.63) is 63.9 Å². The molecule has 20 heavy (non-hydrogen) atoms. The highest BCUT2D eigenvalue weighted by Gasteiger charge is 2.14. The molecule has 1 atom stereocenters. The molecule has 106 valence electrons. The van der Waals surface area contributed by atoms with Crippen LogP contribution in [0.5, 0.6) is 5.75 Å². The molecule has 0 saturated carbocycles. The average Bonchev–Trinajstić information content (AvgIpc) is 2.39. The topological polar surface area (TPSA) is 47.3 Å². The van der Waals surface area contributed by atoms with E-state index in [9.17, 15) is 4.39 Å². The molecular weight excluding hydrogens is 323 g/mol. The Kier molecular flexibility index (Phi) is 5.11. The van der Waals surface area contributed by atoms with Gasteiger partial charge in [0.1, 0.15) is 11.6 Å². The largest absolute Gasteiger partial charge is 0.494 e. The molecule has 0 aromatic heterocycles. The van der Waals surface area contributed by atoms with E-state index < -0.39 is 0 Å². The van der Waals surface area contributed by atoms with E-state index in [1.165, 1.54) is 12.1 Å². The third kappa shape index (κ3) is 3.56. The van der Waals surface area contributed by atoms with E-state index in [0.29, 0.717) is 11.1 Å². The van der Waals surface area contributed by atoms with Gasteiger partial charge in [-0.05, 0) is 48.4 Å². The van der Waals surface area contributed by atoms with Gasteiger partial charge in [0, 0.05) is 4.47 Å². The summed E-state index contributed by atoms with van der Waals surface area (Å²) in [6, 6.07) is 12.0. The second-order valence-corrected chi connectivity index (χ2v) is 5.22. The predicted octanol–water partition coefficient (Wildman–Crippen LogP) is 3.54. The number of nitrogens with two attached hydrogens (primary N) is 1. The Morgan fingerprint density at radius 3 is 2.70 bits per heavy atom. The first-order chi connectivity index (χ1) is 9.63. The average molecular weight is 339 g/mol. The number of hydrogen-bond donors (Lipinski definition) is 2. The highest BCUT2D eigenvalue weighted by molar-refractivity contribution is 9.10. The van der Waals surface area contributed by atoms with Gasteiger partial charge in [-0.1, -0.05) is 28.1 Å². The van der Waals surface area contributed by atoms with Gasteiger partial charge in [0.05, 0.1) is 12.6 Å². The van der Waals surface area contributed by atoms with Crippen LogP contribution in [0.3, 0.4) is 0 Å². The Bertz CT molecular complexity index is 572. The molecular formula is C15H16BrFN2O. The van der Waals surface area contributed by atoms with Crippen LogP contribution in [-0.4, -0.2) is 6.61 Å². The van der Waals surface area contributed by atoms with Crippen LogP contribution in [0.25, 0.3) is 0 Å². The quantitative estimate of drug-likeness (QED) is 0.647. The maximum absolute atomic E-state index is 13.5. The minimum absolute atomic E-state index is 0.303. The standard InChI is InChI=1S/C15H16BrFN2O/c1-2-20-14-5-3-4-10(8-14)15(19-18)11-6-12(16)9-13(17)7-11/h3-9,15,19H,2,18H2,1H3. The molecule has 3 N–H and O–H groups in total. The summed E-state index contributed by atoms with van der Waals surface area (Å²) in [5.74, 6) is 6.09. The summed E-state index contributed by atoms with van der Waals surface area (Å²) in [6.45, 7) is 2.52. The van der Waals surface area contributed by atoms with Gasteiger partial charge in [-0.25, -0.2) is 9.82 Å². The number of halogens is 2. The van der Waals surface area contributed by atoms with Crippen LogP contribution in [0.15, 0.2) is 46.9 Å². The smallest absolute Gasteiger partial charge is 0.124 e. The molecule has 0 heterocycles. The Hall–Kier alpha value is -1.43. The normalized spacial score (nSPS) is 12.2. The summed E-state index contributed by atoms with van der Waals surface area (Å²) in [6.07, 6.45) is 0. The van der Waals surface area contributed by atoms with Crippen LogP contribution >= 0.6 is 15.9 Å². The van der Waals surface area contributed by atoms with Crippen LogP contribution in [0, 0.1) is 5.82 Å². The lowest BCUT2D eigenvalue weighted by Gasteiger charge is -2.18. The van der Waals surface area contributed by atoms with Gasteiger partial charge in [0.2, 0.25) is 0 Å². The summed E-state index contributed by atoms with van der Waals surface area (Å²) in [5.41, 5.74) is 4.37. The number of benzene rings is 2. The molecule has 2 aromatic rings. The minimum atomic E-state index is -0.310. The van der Waals surface area contributed by atoms with Crippen molar-refractivity contribution in [3.63, 3.8) is 0 Å². The van der Waals surface area contributed by atoms with Crippen molar-refractivity contribution in [1.82, 2.24) is 5.43 Å². The molecule has 1 unspecified atom stereocenters. The number of nitrogens with one attached hydrogen (secondary N) is 1. The van der Waals surface area contributed by atoms with Gasteiger partial charge < -0.3 is 4.74 Å². The minimum Gasteiger partial charge on any atom is -0.494 e. The van der Waals surface area contributed by atoms with E-state index in [1.54, 1.807) is 0 Å². The van der Waals surface area contributed by atoms with E-state index >= 15 is 0 Å². The van der Waals surface area contributed by atoms with Crippen molar-refractivity contribution in [3.8, 4) is 5.75 Å². The van der Waals surface area contributed by atoms with Crippen LogP contribution in [0.1, 0.15) is 24.1 Å². The van der Waals surface area contributed by atoms with E-state index in [2.05, 4.69) is 21.4 Å². The van der Waals surface area contributed by atoms with Crippen molar-refractivity contribution in [1.29, 1.82) is 0 Å². The third-order valence-corrected chi connectivity index (χ3v) is 3.35. The summed E-state index contributed by atoms with van der Waals surface area (Å²) in [5, 5.41) is 0. The van der Waals surface area contributed by atoms with Crippen molar-refractivity contribution in [2.45, 2.75) is 13.0 Å². The SMILES string of the molecule is CCOc1cccc(C(NN)c2cc(F)cc(Br)c2)c1. The van der Waals surface area contributed by atoms with Crippen molar-refractivity contribution in [2.24, 2.45) is 5.84 Å². The van der Waals surface area contributed by atoms with Crippen LogP contribution in [0.4, 0.5) is 4.39 Å². The van der Waals surface area contributed by atoms with Crippen molar-refractivity contribution < 1.29 is 9.13 Å². The second kappa shape index (κ2) is 6.83. The molecule has 2 aromatic carbocycles. The van der Waals surface area contributed by atoms with E-state index in [-0.39, 0.29) is 11.9 Å². The zero-order chi connectivity index (χ0) is 14.5. The van der Waals surface area contributed by atoms with E-state index in [1.807, 2.05) is 37.3 Å². The summed E-state index contributed by atoms with van der Waals surface area (Å²) < 4.78 is 19.7. The number of ether oxygens (including phenoxy) is 1. The Balaban J connectivity index is 2.38. The Morgan fingerprint density at radius 1 is 1.25 bits per heavy atom. The molecule has 5 heteroatoms. The zero-order valence-corrected chi connectivity index (χ0v) is 12.7. The van der Waals surface area contributed by atoms with Gasteiger partial charge in [-0.3, -0.25) is 5.84 Å². The van der Waals surface area contributed by atoms with Crippen LogP contribution in [0.2, 0.25) is 0 Å². The lowest BCUT2D eigenvalue weighted by Crippen LogP contribution is -2.29. The van der Waals surface area contributed by atoms with Crippen LogP contribution < -0.4 is 16.0 Å². The number of hydrogen-bond acceptors (Lipinski definition) is 3. The Morgan fingerprint density at radius 2 is 2.05 bits per heavy atom. The molecule has 0 aliphatic carbocycles. The van der Waals surface area contributed by atoms with Gasteiger partial charge in [0.15, 0.2) is 0 Å². The van der Waals surface area contributed by atoms with Crippen molar-refractivity contribution >= 4 is 15.9 Å². The van der Waals surface area contributed by atoms with E-state index in [0.717, 1.165) is 16.9 Å². The monoisotopic (exact) mass is 338 g/mol. The van der Waals surface area contributed by atoms with Crippen LogP contribution in [-0.2, 0) is 0 Å². The second-order valence-electron chi connectivity index (χ2n) is 4.31. The summed E-state index contributed by atoms with van der Waals surface area (Å²) in [4.78, 5) is 0. The van der Waals surface area contributed by atoms with Crippen molar-refractivity contribution in [2.75, 3.05) is 6.61 Å². The zero-order valence-electron chi connectivity index (χ0n) is 11.1. The summed E-state index contributed by atoms with van der Waals surface area (Å²) >= 11 is 3.29. The first-order valence-electron chi connectivity index (χ1n) is 6.29. The van der Waals surface area contributed by atoms with Gasteiger partial charge in [0.25, 0.3) is 0 Å². The molecule has 2 rings (SSSR count). The molecule has 0 spiro atoms.